The predicted octanol–water partition coefficient (Wildman–Crippen LogP) is 3.60. The van der Waals surface area contributed by atoms with Crippen LogP contribution in [0.2, 0.25) is 0 Å². The largest absolute Gasteiger partial charge is 0.465 e. The number of rotatable bonds is 3. The molecule has 3 N–H and O–H groups in total. The second-order valence-electron chi connectivity index (χ2n) is 4.57. The summed E-state index contributed by atoms with van der Waals surface area (Å²) in [7, 11) is 0. The van der Waals surface area contributed by atoms with Crippen LogP contribution in [0.25, 0.3) is 22.0 Å². The van der Waals surface area contributed by atoms with Gasteiger partial charge in [-0.3, -0.25) is 0 Å². The predicted molar refractivity (Wildman–Crippen MR) is 78.6 cm³/mol. The molecular weight excluding hydrogens is 252 g/mol. The van der Waals surface area contributed by atoms with Gasteiger partial charge in [-0.1, -0.05) is 42.5 Å². The van der Waals surface area contributed by atoms with Crippen LogP contribution in [0.3, 0.4) is 0 Å². The van der Waals surface area contributed by atoms with Crippen molar-refractivity contribution < 1.29 is 9.90 Å². The van der Waals surface area contributed by atoms with Crippen molar-refractivity contribution in [2.24, 2.45) is 0 Å². The van der Waals surface area contributed by atoms with Crippen molar-refractivity contribution in [1.29, 1.82) is 0 Å². The number of H-pyrrole nitrogens is 1. The molecule has 0 fully saturated rings. The Morgan fingerprint density at radius 1 is 1.10 bits per heavy atom. The Hall–Kier alpha value is -2.75. The lowest BCUT2D eigenvalue weighted by atomic mass is 9.99. The van der Waals surface area contributed by atoms with Gasteiger partial charge in [0.05, 0.1) is 0 Å². The molecule has 0 aliphatic carbocycles. The van der Waals surface area contributed by atoms with Gasteiger partial charge in [-0.15, -0.1) is 0 Å². The van der Waals surface area contributed by atoms with Gasteiger partial charge in [0, 0.05) is 23.6 Å². The van der Waals surface area contributed by atoms with E-state index in [1.807, 2.05) is 36.5 Å². The van der Waals surface area contributed by atoms with E-state index in [0.29, 0.717) is 6.54 Å². The third kappa shape index (κ3) is 2.23. The summed E-state index contributed by atoms with van der Waals surface area (Å²) in [5, 5.41) is 12.2. The molecule has 100 valence electrons. The summed E-state index contributed by atoms with van der Waals surface area (Å²) in [6.07, 6.45) is 0.837. The molecule has 1 heterocycles. The Morgan fingerprint density at radius 3 is 2.65 bits per heavy atom. The summed E-state index contributed by atoms with van der Waals surface area (Å²) >= 11 is 0. The zero-order chi connectivity index (χ0) is 13.9. The van der Waals surface area contributed by atoms with Crippen molar-refractivity contribution in [2.45, 2.75) is 6.54 Å². The topological polar surface area (TPSA) is 65.1 Å². The van der Waals surface area contributed by atoms with Gasteiger partial charge >= 0.3 is 6.09 Å². The summed E-state index contributed by atoms with van der Waals surface area (Å²) in [5.41, 5.74) is 4.18. The van der Waals surface area contributed by atoms with E-state index in [4.69, 9.17) is 5.11 Å². The fraction of sp³-hybridized carbons (Fsp3) is 0.0625. The van der Waals surface area contributed by atoms with E-state index in [2.05, 4.69) is 28.5 Å². The minimum atomic E-state index is -1.02. The molecule has 2 aromatic carbocycles. The first-order chi connectivity index (χ1) is 9.75. The average molecular weight is 266 g/mol. The first-order valence-electron chi connectivity index (χ1n) is 6.37. The van der Waals surface area contributed by atoms with Crippen molar-refractivity contribution >= 4 is 17.0 Å². The molecule has 20 heavy (non-hydrogen) atoms. The molecule has 0 saturated carbocycles. The van der Waals surface area contributed by atoms with Gasteiger partial charge in [-0.05, 0) is 22.8 Å². The van der Waals surface area contributed by atoms with Crippen LogP contribution < -0.4 is 5.32 Å². The van der Waals surface area contributed by atoms with Crippen molar-refractivity contribution in [2.75, 3.05) is 0 Å². The van der Waals surface area contributed by atoms with Crippen molar-refractivity contribution in [3.8, 4) is 11.1 Å². The fourth-order valence-corrected chi connectivity index (χ4v) is 2.42. The van der Waals surface area contributed by atoms with Crippen LogP contribution in [0.15, 0.2) is 54.7 Å². The highest BCUT2D eigenvalue weighted by molar-refractivity contribution is 5.97. The summed E-state index contributed by atoms with van der Waals surface area (Å²) in [5.74, 6) is 0. The summed E-state index contributed by atoms with van der Waals surface area (Å²) < 4.78 is 0. The highest BCUT2D eigenvalue weighted by Gasteiger charge is 2.10. The summed E-state index contributed by atoms with van der Waals surface area (Å²) in [6, 6.07) is 16.1. The zero-order valence-corrected chi connectivity index (χ0v) is 10.8. The van der Waals surface area contributed by atoms with Crippen LogP contribution in [-0.4, -0.2) is 16.2 Å². The van der Waals surface area contributed by atoms with E-state index in [0.717, 1.165) is 27.6 Å². The summed E-state index contributed by atoms with van der Waals surface area (Å²) in [6.45, 7) is 0.291. The molecule has 0 spiro atoms. The standard InChI is InChI=1S/C16H14N2O2/c19-16(20)18-10-12-9-17-14-8-4-7-13(15(12)14)11-5-2-1-3-6-11/h1-9,17-18H,10H2,(H,19,20). The van der Waals surface area contributed by atoms with Crippen LogP contribution in [0.1, 0.15) is 5.56 Å². The molecule has 0 aliphatic heterocycles. The number of aromatic amines is 1. The highest BCUT2D eigenvalue weighted by atomic mass is 16.4. The molecule has 1 aromatic heterocycles. The lowest BCUT2D eigenvalue weighted by Gasteiger charge is -2.06. The maximum absolute atomic E-state index is 10.7. The molecule has 3 aromatic rings. The molecule has 4 nitrogen and oxygen atoms in total. The average Bonchev–Trinajstić information content (AvgIpc) is 2.89. The molecule has 0 unspecified atom stereocenters. The van der Waals surface area contributed by atoms with Gasteiger partial charge in [-0.25, -0.2) is 4.79 Å². The van der Waals surface area contributed by atoms with E-state index in [1.165, 1.54) is 0 Å². The second-order valence-corrected chi connectivity index (χ2v) is 4.57. The smallest absolute Gasteiger partial charge is 0.404 e. The van der Waals surface area contributed by atoms with E-state index in [9.17, 15) is 4.79 Å². The Labute approximate surface area is 116 Å². The van der Waals surface area contributed by atoms with Gasteiger partial charge in [0.25, 0.3) is 0 Å². The Balaban J connectivity index is 2.12. The van der Waals surface area contributed by atoms with Gasteiger partial charge < -0.3 is 15.4 Å². The first kappa shape index (κ1) is 12.3. The summed E-state index contributed by atoms with van der Waals surface area (Å²) in [4.78, 5) is 13.9. The number of benzene rings is 2. The van der Waals surface area contributed by atoms with Crippen LogP contribution in [-0.2, 0) is 6.54 Å². The lowest BCUT2D eigenvalue weighted by molar-refractivity contribution is 0.194. The van der Waals surface area contributed by atoms with E-state index in [1.54, 1.807) is 0 Å². The number of hydrogen-bond donors (Lipinski definition) is 3. The molecule has 0 aliphatic rings. The number of aromatic nitrogens is 1. The number of amides is 1. The number of carbonyl (C=O) groups is 1. The minimum absolute atomic E-state index is 0.291. The molecule has 0 bridgehead atoms. The molecule has 3 rings (SSSR count). The molecule has 1 amide bonds. The number of carboxylic acid groups (broad SMARTS) is 1. The van der Waals surface area contributed by atoms with Crippen LogP contribution in [0.4, 0.5) is 4.79 Å². The van der Waals surface area contributed by atoms with Crippen molar-refractivity contribution in [3.05, 3.63) is 60.3 Å². The monoisotopic (exact) mass is 266 g/mol. The molecular formula is C16H14N2O2. The van der Waals surface area contributed by atoms with Crippen molar-refractivity contribution in [3.63, 3.8) is 0 Å². The maximum Gasteiger partial charge on any atom is 0.404 e. The first-order valence-corrected chi connectivity index (χ1v) is 6.37. The second kappa shape index (κ2) is 5.09. The third-order valence-corrected chi connectivity index (χ3v) is 3.30. The van der Waals surface area contributed by atoms with Gasteiger partial charge in [0.15, 0.2) is 0 Å². The SMILES string of the molecule is O=C(O)NCc1c[nH]c2cccc(-c3ccccc3)c12. The quantitative estimate of drug-likeness (QED) is 0.678. The van der Waals surface area contributed by atoms with Gasteiger partial charge in [-0.2, -0.15) is 0 Å². The normalized spacial score (nSPS) is 10.6. The highest BCUT2D eigenvalue weighted by Crippen LogP contribution is 2.30. The molecule has 0 radical (unpaired) electrons. The van der Waals surface area contributed by atoms with Crippen LogP contribution >= 0.6 is 0 Å². The van der Waals surface area contributed by atoms with Crippen LogP contribution in [0, 0.1) is 0 Å². The van der Waals surface area contributed by atoms with Gasteiger partial charge in [0.1, 0.15) is 0 Å². The fourth-order valence-electron chi connectivity index (χ4n) is 2.42. The Morgan fingerprint density at radius 2 is 1.90 bits per heavy atom. The molecule has 0 atom stereocenters. The van der Waals surface area contributed by atoms with E-state index >= 15 is 0 Å². The van der Waals surface area contributed by atoms with Crippen molar-refractivity contribution in [1.82, 2.24) is 10.3 Å². The minimum Gasteiger partial charge on any atom is -0.465 e. The number of nitrogens with one attached hydrogen (secondary N) is 2. The third-order valence-electron chi connectivity index (χ3n) is 3.30. The number of hydrogen-bond acceptors (Lipinski definition) is 1. The van der Waals surface area contributed by atoms with E-state index < -0.39 is 6.09 Å². The zero-order valence-electron chi connectivity index (χ0n) is 10.8. The van der Waals surface area contributed by atoms with Gasteiger partial charge in [0.2, 0.25) is 0 Å². The Bertz CT molecular complexity index is 748. The van der Waals surface area contributed by atoms with E-state index in [-0.39, 0.29) is 0 Å². The molecule has 0 saturated heterocycles. The number of fused-ring (bicyclic) bond motifs is 1. The lowest BCUT2D eigenvalue weighted by Crippen LogP contribution is -2.19. The maximum atomic E-state index is 10.7. The van der Waals surface area contributed by atoms with Crippen LogP contribution in [0.5, 0.6) is 0 Å². The molecule has 4 heteroatoms. The Kier molecular flexibility index (Phi) is 3.13.